The number of rotatable bonds is 73. The third kappa shape index (κ3) is 75.7. The Kier molecular flexibility index (Phi) is 75.2. The van der Waals surface area contributed by atoms with Crippen LogP contribution in [0.5, 0.6) is 0 Å². The number of ether oxygens (including phenoxy) is 2. The molecule has 0 saturated heterocycles. The lowest BCUT2D eigenvalue weighted by molar-refractivity contribution is -0.161. The van der Waals surface area contributed by atoms with Gasteiger partial charge in [-0.2, -0.15) is 0 Å². The molecule has 0 aliphatic carbocycles. The Morgan fingerprint density at radius 2 is 0.494 bits per heavy atom. The number of esters is 2. The van der Waals surface area contributed by atoms with Gasteiger partial charge in [-0.15, -0.1) is 0 Å². The van der Waals surface area contributed by atoms with Crippen molar-refractivity contribution in [1.29, 1.82) is 0 Å². The first-order valence-corrected chi connectivity index (χ1v) is 39.0. The molecule has 0 aromatic carbocycles. The molecule has 1 N–H and O–H groups in total. The van der Waals surface area contributed by atoms with Crippen LogP contribution < -0.4 is 0 Å². The molecule has 0 spiro atoms. The molecular weight excluding hydrogens is 1060 g/mol. The minimum atomic E-state index is -0.774. The van der Waals surface area contributed by atoms with Crippen molar-refractivity contribution < 1.29 is 24.2 Å². The molecule has 0 aromatic rings. The van der Waals surface area contributed by atoms with Gasteiger partial charge in [-0.05, 0) is 64.2 Å². The first kappa shape index (κ1) is 84.3. The Morgan fingerprint density at radius 3 is 0.747 bits per heavy atom. The highest BCUT2D eigenvalue weighted by Crippen LogP contribution is 2.20. The van der Waals surface area contributed by atoms with Gasteiger partial charge in [-0.25, -0.2) is 0 Å². The summed E-state index contributed by atoms with van der Waals surface area (Å²) in [5, 5.41) is 9.72. The molecule has 0 amide bonds. The van der Waals surface area contributed by atoms with Gasteiger partial charge in [0.1, 0.15) is 6.61 Å². The predicted molar refractivity (Wildman–Crippen MR) is 385 cm³/mol. The molecule has 508 valence electrons. The molecule has 0 rings (SSSR count). The van der Waals surface area contributed by atoms with Crippen molar-refractivity contribution in [2.75, 3.05) is 13.2 Å². The monoisotopic (exact) mass is 1220 g/mol. The molecule has 0 heterocycles. The van der Waals surface area contributed by atoms with E-state index in [2.05, 4.69) is 86.8 Å². The van der Waals surface area contributed by atoms with E-state index in [1.54, 1.807) is 0 Å². The van der Waals surface area contributed by atoms with Crippen LogP contribution in [0.1, 0.15) is 418 Å². The number of aliphatic hydroxyl groups excluding tert-OH is 1. The van der Waals surface area contributed by atoms with E-state index in [0.717, 1.165) is 70.6 Å². The SMILES string of the molecule is CC/C=C\C/C=C\C/C=C\C/C=C\C/C=C\C/C=C\CCCCCCCCCCCCCCCCCCC(=O)OC(CO)COC(=O)CCCCCCCCCCCCCCCCCCCCCCCCCCCCCCCCCCCCCCCC. The third-order valence-electron chi connectivity index (χ3n) is 17.8. The summed E-state index contributed by atoms with van der Waals surface area (Å²) in [5.41, 5.74) is 0. The minimum absolute atomic E-state index is 0.0619. The van der Waals surface area contributed by atoms with E-state index in [4.69, 9.17) is 9.47 Å². The van der Waals surface area contributed by atoms with E-state index >= 15 is 0 Å². The Balaban J connectivity index is 3.39. The largest absolute Gasteiger partial charge is 0.462 e. The van der Waals surface area contributed by atoms with Crippen molar-refractivity contribution in [2.45, 2.75) is 424 Å². The molecular formula is C82H150O5. The maximum Gasteiger partial charge on any atom is 0.306 e. The average Bonchev–Trinajstić information content (AvgIpc) is 3.52. The lowest BCUT2D eigenvalue weighted by Crippen LogP contribution is -2.28. The zero-order valence-corrected chi connectivity index (χ0v) is 58.5. The number of allylic oxidation sites excluding steroid dienone is 12. The van der Waals surface area contributed by atoms with E-state index in [1.165, 1.54) is 321 Å². The topological polar surface area (TPSA) is 72.8 Å². The van der Waals surface area contributed by atoms with Crippen LogP contribution in [0.15, 0.2) is 72.9 Å². The molecule has 0 bridgehead atoms. The molecule has 0 aromatic heterocycles. The highest BCUT2D eigenvalue weighted by atomic mass is 16.6. The second kappa shape index (κ2) is 77.6. The summed E-state index contributed by atoms with van der Waals surface area (Å²) in [4.78, 5) is 24.7. The maximum atomic E-state index is 12.4. The smallest absolute Gasteiger partial charge is 0.306 e. The second-order valence-electron chi connectivity index (χ2n) is 26.4. The minimum Gasteiger partial charge on any atom is -0.462 e. The highest BCUT2D eigenvalue weighted by Gasteiger charge is 2.16. The Labute approximate surface area is 544 Å². The van der Waals surface area contributed by atoms with Gasteiger partial charge >= 0.3 is 11.9 Å². The van der Waals surface area contributed by atoms with Gasteiger partial charge in [0.05, 0.1) is 6.61 Å². The maximum absolute atomic E-state index is 12.4. The summed E-state index contributed by atoms with van der Waals surface area (Å²) in [5.74, 6) is -0.569. The van der Waals surface area contributed by atoms with Crippen LogP contribution in [0.2, 0.25) is 0 Å². The van der Waals surface area contributed by atoms with Crippen LogP contribution >= 0.6 is 0 Å². The van der Waals surface area contributed by atoms with Gasteiger partial charge in [0.15, 0.2) is 6.10 Å². The van der Waals surface area contributed by atoms with E-state index < -0.39 is 6.10 Å². The van der Waals surface area contributed by atoms with Crippen LogP contribution in [-0.2, 0) is 19.1 Å². The molecule has 0 radical (unpaired) electrons. The summed E-state index contributed by atoms with van der Waals surface area (Å²) in [7, 11) is 0. The van der Waals surface area contributed by atoms with Crippen LogP contribution in [0, 0.1) is 0 Å². The first-order chi connectivity index (χ1) is 43.1. The van der Waals surface area contributed by atoms with Crippen molar-refractivity contribution >= 4 is 11.9 Å². The van der Waals surface area contributed by atoms with Crippen LogP contribution in [0.3, 0.4) is 0 Å². The van der Waals surface area contributed by atoms with Crippen LogP contribution in [0.25, 0.3) is 0 Å². The molecule has 87 heavy (non-hydrogen) atoms. The van der Waals surface area contributed by atoms with E-state index in [9.17, 15) is 14.7 Å². The second-order valence-corrected chi connectivity index (χ2v) is 26.4. The molecule has 5 nitrogen and oxygen atoms in total. The van der Waals surface area contributed by atoms with E-state index in [1.807, 2.05) is 0 Å². The van der Waals surface area contributed by atoms with Crippen molar-refractivity contribution in [2.24, 2.45) is 0 Å². The van der Waals surface area contributed by atoms with Crippen molar-refractivity contribution in [3.8, 4) is 0 Å². The Bertz CT molecular complexity index is 1520. The van der Waals surface area contributed by atoms with Crippen LogP contribution in [-0.4, -0.2) is 36.4 Å². The number of carbonyl (C=O) groups excluding carboxylic acids is 2. The number of hydrogen-bond donors (Lipinski definition) is 1. The van der Waals surface area contributed by atoms with Gasteiger partial charge in [0, 0.05) is 12.8 Å². The van der Waals surface area contributed by atoms with Gasteiger partial charge in [0.2, 0.25) is 0 Å². The number of unbranched alkanes of at least 4 members (excludes halogenated alkanes) is 53. The zero-order chi connectivity index (χ0) is 62.6. The standard InChI is InChI=1S/C82H150O5/c1-3-5-7-9-11-13-15-17-19-21-23-25-27-29-31-33-35-37-39-40-41-43-44-46-48-50-52-54-56-58-60-62-64-66-68-70-72-74-76-81(84)86-79-80(78-83)87-82(85)77-75-73-71-69-67-65-63-61-59-57-55-53-51-49-47-45-42-38-36-34-32-30-28-26-24-22-20-18-16-14-12-10-8-6-4-2/h6,8,12,14,18,20,24,26,30,32,36,38,80,83H,3-5,7,9-11,13,15-17,19,21-23,25,27-29,31,33-35,37,39-79H2,1-2H3/b8-6-,14-12-,20-18-,26-24-,32-30-,38-36-. The van der Waals surface area contributed by atoms with Crippen molar-refractivity contribution in [3.05, 3.63) is 72.9 Å². The quantitative estimate of drug-likeness (QED) is 0.0373. The fourth-order valence-corrected chi connectivity index (χ4v) is 12.0. The summed E-state index contributed by atoms with van der Waals surface area (Å²) < 4.78 is 10.8. The molecule has 0 saturated carbocycles. The number of carbonyl (C=O) groups is 2. The predicted octanol–water partition coefficient (Wildman–Crippen LogP) is 27.4. The number of aliphatic hydroxyl groups is 1. The normalized spacial score (nSPS) is 12.5. The van der Waals surface area contributed by atoms with Gasteiger partial charge in [-0.3, -0.25) is 9.59 Å². The average molecular weight is 1220 g/mol. The fraction of sp³-hybridized carbons (Fsp3) is 0.829. The molecule has 0 aliphatic heterocycles. The Morgan fingerprint density at radius 1 is 0.276 bits per heavy atom. The first-order valence-electron chi connectivity index (χ1n) is 39.0. The molecule has 1 atom stereocenters. The number of hydrogen-bond acceptors (Lipinski definition) is 5. The van der Waals surface area contributed by atoms with Crippen LogP contribution in [0.4, 0.5) is 0 Å². The van der Waals surface area contributed by atoms with Crippen molar-refractivity contribution in [1.82, 2.24) is 0 Å². The summed E-state index contributed by atoms with van der Waals surface area (Å²) >= 11 is 0. The zero-order valence-electron chi connectivity index (χ0n) is 58.5. The van der Waals surface area contributed by atoms with Gasteiger partial charge < -0.3 is 14.6 Å². The summed E-state index contributed by atoms with van der Waals surface area (Å²) in [6, 6.07) is 0. The van der Waals surface area contributed by atoms with E-state index in [-0.39, 0.29) is 25.2 Å². The lowest BCUT2D eigenvalue weighted by atomic mass is 10.0. The summed E-state index contributed by atoms with van der Waals surface area (Å²) in [6.45, 7) is 4.09. The van der Waals surface area contributed by atoms with Gasteiger partial charge in [0.25, 0.3) is 0 Å². The fourth-order valence-electron chi connectivity index (χ4n) is 12.0. The molecule has 5 heteroatoms. The van der Waals surface area contributed by atoms with Crippen molar-refractivity contribution in [3.63, 3.8) is 0 Å². The molecule has 0 aliphatic rings. The highest BCUT2D eigenvalue weighted by molar-refractivity contribution is 5.70. The third-order valence-corrected chi connectivity index (χ3v) is 17.8. The Hall–Kier alpha value is -2.66. The van der Waals surface area contributed by atoms with Gasteiger partial charge in [-0.1, -0.05) is 414 Å². The van der Waals surface area contributed by atoms with E-state index in [0.29, 0.717) is 12.8 Å². The molecule has 0 fully saturated rings. The summed E-state index contributed by atoms with van der Waals surface area (Å²) in [6.07, 6.45) is 108. The lowest BCUT2D eigenvalue weighted by Gasteiger charge is -2.15. The molecule has 1 unspecified atom stereocenters.